The molecule has 6 N–H and O–H groups in total. The summed E-state index contributed by atoms with van der Waals surface area (Å²) in [5.74, 6) is -3.00. The molecule has 1 amide bonds. The van der Waals surface area contributed by atoms with Crippen molar-refractivity contribution in [2.24, 2.45) is 35.5 Å². The van der Waals surface area contributed by atoms with Crippen LogP contribution in [0.2, 0.25) is 0 Å². The molecule has 0 saturated carbocycles. The smallest absolute Gasteiger partial charge is 0.307 e. The minimum Gasteiger partial charge on any atom is -0.492 e. The van der Waals surface area contributed by atoms with Crippen molar-refractivity contribution in [2.75, 3.05) is 52.4 Å². The highest BCUT2D eigenvalue weighted by molar-refractivity contribution is 5.76. The Morgan fingerprint density at radius 2 is 1.05 bits per heavy atom. The van der Waals surface area contributed by atoms with Gasteiger partial charge in [-0.05, 0) is 142 Å². The molecule has 3 heterocycles. The second-order valence-corrected chi connectivity index (χ2v) is 16.2. The van der Waals surface area contributed by atoms with Crippen LogP contribution < -0.4 is 20.7 Å². The van der Waals surface area contributed by atoms with Gasteiger partial charge in [-0.1, -0.05) is 60.7 Å². The number of amides is 1. The molecule has 3 aliphatic rings. The van der Waals surface area contributed by atoms with Gasteiger partial charge in [0.1, 0.15) is 12.4 Å². The predicted molar refractivity (Wildman–Crippen MR) is 216 cm³/mol. The predicted octanol–water partition coefficient (Wildman–Crippen LogP) is 4.29. The second kappa shape index (κ2) is 20.6. The van der Waals surface area contributed by atoms with E-state index in [1.54, 1.807) is 4.90 Å². The Labute approximate surface area is 335 Å². The molecule has 0 aromatic heterocycles. The van der Waals surface area contributed by atoms with Crippen LogP contribution in [0.25, 0.3) is 0 Å². The van der Waals surface area contributed by atoms with Crippen LogP contribution in [0.15, 0.2) is 72.8 Å². The number of hydrogen-bond acceptors (Lipinski definition) is 8. The lowest BCUT2D eigenvalue weighted by molar-refractivity contribution is -0.144. The normalized spacial score (nSPS) is 20.8. The summed E-state index contributed by atoms with van der Waals surface area (Å²) in [6.45, 7) is 5.45. The highest BCUT2D eigenvalue weighted by atomic mass is 16.5. The van der Waals surface area contributed by atoms with Gasteiger partial charge in [0.15, 0.2) is 0 Å². The summed E-state index contributed by atoms with van der Waals surface area (Å²) in [7, 11) is 0. The summed E-state index contributed by atoms with van der Waals surface area (Å²) >= 11 is 0. The maximum Gasteiger partial charge on any atom is 0.307 e. The van der Waals surface area contributed by atoms with Gasteiger partial charge in [-0.15, -0.1) is 0 Å². The maximum atomic E-state index is 14.0. The zero-order chi connectivity index (χ0) is 40.1. The average Bonchev–Trinajstić information content (AvgIpc) is 4.03. The van der Waals surface area contributed by atoms with Crippen molar-refractivity contribution in [3.05, 3.63) is 101 Å². The van der Waals surface area contributed by atoms with Crippen LogP contribution in [-0.2, 0) is 51.4 Å². The molecule has 0 spiro atoms. The lowest BCUT2D eigenvalue weighted by atomic mass is 9.86. The van der Waals surface area contributed by atoms with Gasteiger partial charge in [-0.3, -0.25) is 19.2 Å². The number of hydrogen-bond donors (Lipinski definition) is 6. The number of carbonyl (C=O) groups excluding carboxylic acids is 1. The van der Waals surface area contributed by atoms with Crippen molar-refractivity contribution >= 4 is 23.8 Å². The van der Waals surface area contributed by atoms with Crippen LogP contribution in [-0.4, -0.2) is 96.5 Å². The van der Waals surface area contributed by atoms with Gasteiger partial charge in [0.2, 0.25) is 5.91 Å². The van der Waals surface area contributed by atoms with E-state index in [9.17, 15) is 34.5 Å². The molecule has 12 heteroatoms. The largest absolute Gasteiger partial charge is 0.492 e. The fourth-order valence-corrected chi connectivity index (χ4v) is 8.91. The van der Waals surface area contributed by atoms with E-state index in [-0.39, 0.29) is 36.7 Å². The van der Waals surface area contributed by atoms with Crippen molar-refractivity contribution in [3.63, 3.8) is 0 Å². The van der Waals surface area contributed by atoms with Gasteiger partial charge >= 0.3 is 17.9 Å². The van der Waals surface area contributed by atoms with Crippen LogP contribution in [0.3, 0.4) is 0 Å². The summed E-state index contributed by atoms with van der Waals surface area (Å²) < 4.78 is 6.19. The third-order valence-electron chi connectivity index (χ3n) is 12.2. The molecule has 0 unspecified atom stereocenters. The molecular formula is C45H58N4O8. The van der Waals surface area contributed by atoms with Crippen LogP contribution in [0.4, 0.5) is 0 Å². The minimum absolute atomic E-state index is 0.0569. The highest BCUT2D eigenvalue weighted by Crippen LogP contribution is 2.27. The maximum absolute atomic E-state index is 14.0. The van der Waals surface area contributed by atoms with Crippen molar-refractivity contribution in [2.45, 2.75) is 57.9 Å². The van der Waals surface area contributed by atoms with Crippen LogP contribution in [0, 0.1) is 35.5 Å². The number of nitrogens with zero attached hydrogens (tertiary/aromatic N) is 1. The Bertz CT molecular complexity index is 1820. The molecule has 3 aliphatic heterocycles. The number of carboxylic acid groups (broad SMARTS) is 3. The number of benzene rings is 3. The van der Waals surface area contributed by atoms with Gasteiger partial charge in [0.05, 0.1) is 24.3 Å². The quantitative estimate of drug-likeness (QED) is 0.0910. The first-order chi connectivity index (χ1) is 27.6. The Hall–Kier alpha value is -4.78. The number of aliphatic carboxylic acids is 3. The van der Waals surface area contributed by atoms with E-state index < -0.39 is 35.7 Å². The lowest BCUT2D eigenvalue weighted by Gasteiger charge is -2.24. The second-order valence-electron chi connectivity index (χ2n) is 16.2. The van der Waals surface area contributed by atoms with Gasteiger partial charge in [-0.25, -0.2) is 0 Å². The van der Waals surface area contributed by atoms with Gasteiger partial charge < -0.3 is 40.9 Å². The zero-order valence-electron chi connectivity index (χ0n) is 32.7. The van der Waals surface area contributed by atoms with E-state index in [0.717, 1.165) is 66.7 Å². The summed E-state index contributed by atoms with van der Waals surface area (Å²) in [6.07, 6.45) is 4.53. The van der Waals surface area contributed by atoms with E-state index in [1.165, 1.54) is 0 Å². The summed E-state index contributed by atoms with van der Waals surface area (Å²) in [5.41, 5.74) is 4.64. The Balaban J connectivity index is 1.12. The Morgan fingerprint density at radius 3 is 1.53 bits per heavy atom. The van der Waals surface area contributed by atoms with E-state index >= 15 is 0 Å². The molecule has 306 valence electrons. The molecule has 3 saturated heterocycles. The highest BCUT2D eigenvalue weighted by Gasteiger charge is 2.33. The van der Waals surface area contributed by atoms with Crippen LogP contribution in [0.1, 0.15) is 53.5 Å². The molecule has 57 heavy (non-hydrogen) atoms. The zero-order valence-corrected chi connectivity index (χ0v) is 32.7. The van der Waals surface area contributed by atoms with Gasteiger partial charge in [0, 0.05) is 13.0 Å². The number of carboxylic acids is 3. The average molecular weight is 783 g/mol. The summed E-state index contributed by atoms with van der Waals surface area (Å²) in [5, 5.41) is 39.8. The van der Waals surface area contributed by atoms with Crippen LogP contribution in [0.5, 0.6) is 5.75 Å². The standard InChI is InChI=1S/C45H58N4O8/c50-42(11-10-30-4-1-5-31(20-30)23-39(43(51)52)35-12-15-46-26-35)49(29-34-8-2-6-32(21-34)24-40(44(53)54)36-13-16-47-27-36)18-19-57-38-9-3-7-33(22-38)25-41(45(55)56)37-14-17-48-28-37/h1-9,20-22,35-37,39-41,46-48H,10-19,23-29H2,(H,51,52)(H,53,54)(H,55,56)/t35-,36-,37-,39-,40-,41-/m0/s1. The molecule has 0 aliphatic carbocycles. The molecule has 3 fully saturated rings. The third-order valence-corrected chi connectivity index (χ3v) is 12.2. The molecule has 12 nitrogen and oxygen atoms in total. The minimum atomic E-state index is -0.792. The first-order valence-corrected chi connectivity index (χ1v) is 20.6. The van der Waals surface area contributed by atoms with Crippen molar-refractivity contribution in [1.82, 2.24) is 20.9 Å². The molecular weight excluding hydrogens is 725 g/mol. The number of rotatable bonds is 21. The third kappa shape index (κ3) is 12.1. The number of nitrogens with one attached hydrogen (secondary N) is 3. The summed E-state index contributed by atoms with van der Waals surface area (Å²) in [6, 6.07) is 23.3. The lowest BCUT2D eigenvalue weighted by Crippen LogP contribution is -2.34. The van der Waals surface area contributed by atoms with Crippen LogP contribution >= 0.6 is 0 Å². The first kappa shape index (κ1) is 41.8. The molecule has 3 aromatic carbocycles. The Kier molecular flexibility index (Phi) is 15.1. The van der Waals surface area contributed by atoms with E-state index in [4.69, 9.17) is 4.74 Å². The first-order valence-electron chi connectivity index (χ1n) is 20.6. The monoisotopic (exact) mass is 782 g/mol. The molecule has 6 atom stereocenters. The number of aryl methyl sites for hydroxylation is 1. The molecule has 0 radical (unpaired) electrons. The number of carbonyl (C=O) groups is 4. The molecule has 0 bridgehead atoms. The molecule has 3 aromatic rings. The van der Waals surface area contributed by atoms with Gasteiger partial charge in [-0.2, -0.15) is 0 Å². The van der Waals surface area contributed by atoms with Crippen molar-refractivity contribution in [3.8, 4) is 5.75 Å². The number of ether oxygens (including phenoxy) is 1. The van der Waals surface area contributed by atoms with Crippen molar-refractivity contribution < 1.29 is 39.2 Å². The molecule has 6 rings (SSSR count). The Morgan fingerprint density at radius 1 is 0.614 bits per heavy atom. The van der Waals surface area contributed by atoms with E-state index in [1.807, 2.05) is 72.8 Å². The van der Waals surface area contributed by atoms with Crippen molar-refractivity contribution in [1.29, 1.82) is 0 Å². The van der Waals surface area contributed by atoms with Gasteiger partial charge in [0.25, 0.3) is 0 Å². The fraction of sp³-hybridized carbons (Fsp3) is 0.511. The topological polar surface area (TPSA) is 178 Å². The van der Waals surface area contributed by atoms with E-state index in [0.29, 0.717) is 64.2 Å². The fourth-order valence-electron chi connectivity index (χ4n) is 8.91. The van der Waals surface area contributed by atoms with E-state index in [2.05, 4.69) is 16.0 Å². The SMILES string of the molecule is O=C(O)[C@@H](Cc1cccc(CCC(=O)N(CCOc2cccc(C[C@H](C(=O)O)[C@H]3CCNC3)c2)Cc2cccc(C[C@H](C(=O)O)[C@H]3CCNC3)c2)c1)[C@H]1CCNC1. The summed E-state index contributed by atoms with van der Waals surface area (Å²) in [4.78, 5) is 52.3.